The quantitative estimate of drug-likeness (QED) is 0.740. The molecule has 1 unspecified atom stereocenters. The van der Waals surface area contributed by atoms with E-state index in [9.17, 15) is 14.4 Å². The van der Waals surface area contributed by atoms with Gasteiger partial charge >= 0.3 is 0 Å². The topological polar surface area (TPSA) is 91.4 Å². The van der Waals surface area contributed by atoms with Crippen molar-refractivity contribution in [2.75, 3.05) is 12.4 Å². The van der Waals surface area contributed by atoms with Gasteiger partial charge in [-0.15, -0.1) is 0 Å². The Kier molecular flexibility index (Phi) is 3.46. The molecule has 0 spiro atoms. The van der Waals surface area contributed by atoms with Gasteiger partial charge in [-0.1, -0.05) is 0 Å². The molecule has 1 aromatic rings. The Morgan fingerprint density at radius 1 is 1.53 bits per heavy atom. The van der Waals surface area contributed by atoms with Crippen molar-refractivity contribution < 1.29 is 14.4 Å². The fraction of sp³-hybridized carbons (Fsp3) is 0.333. The third-order valence-corrected chi connectivity index (χ3v) is 2.79. The largest absolute Gasteiger partial charge is 0.326 e. The minimum atomic E-state index is -0.951. The van der Waals surface area contributed by atoms with Gasteiger partial charge in [0.2, 0.25) is 5.91 Å². The van der Waals surface area contributed by atoms with Gasteiger partial charge in [-0.3, -0.25) is 29.8 Å². The molecular formula is C12H14N4O3. The van der Waals surface area contributed by atoms with Gasteiger partial charge in [-0.25, -0.2) is 0 Å². The number of hydrogen-bond donors (Lipinski definition) is 2. The first-order valence-corrected chi connectivity index (χ1v) is 5.78. The van der Waals surface area contributed by atoms with Crippen LogP contribution < -0.4 is 10.7 Å². The highest BCUT2D eigenvalue weighted by atomic mass is 16.2. The maximum atomic E-state index is 11.8. The number of hydrazine groups is 1. The summed E-state index contributed by atoms with van der Waals surface area (Å²) in [5.41, 5.74) is 3.71. The summed E-state index contributed by atoms with van der Waals surface area (Å²) < 4.78 is 0. The van der Waals surface area contributed by atoms with Crippen LogP contribution in [0.3, 0.4) is 0 Å². The molecule has 0 aromatic carbocycles. The number of carbonyl (C=O) groups is 3. The van der Waals surface area contributed by atoms with Crippen molar-refractivity contribution in [3.05, 3.63) is 24.0 Å². The van der Waals surface area contributed by atoms with E-state index in [1.165, 1.54) is 7.05 Å². The molecule has 7 nitrogen and oxygen atoms in total. The average Bonchev–Trinajstić information content (AvgIpc) is 2.56. The molecular weight excluding hydrogens is 248 g/mol. The molecule has 1 saturated heterocycles. The SMILES string of the molecule is Cc1cc(NC(=O)CC2C(=O)NN(C)C2=O)ccn1. The van der Waals surface area contributed by atoms with Crippen LogP contribution >= 0.6 is 0 Å². The van der Waals surface area contributed by atoms with Gasteiger partial charge in [0.1, 0.15) is 5.92 Å². The lowest BCUT2D eigenvalue weighted by Crippen LogP contribution is -2.31. The number of anilines is 1. The molecule has 1 aromatic heterocycles. The lowest BCUT2D eigenvalue weighted by molar-refractivity contribution is -0.134. The van der Waals surface area contributed by atoms with Crippen LogP contribution in [0, 0.1) is 12.8 Å². The van der Waals surface area contributed by atoms with Gasteiger partial charge in [0.05, 0.1) is 0 Å². The van der Waals surface area contributed by atoms with Crippen LogP contribution in [0.1, 0.15) is 12.1 Å². The average molecular weight is 262 g/mol. The van der Waals surface area contributed by atoms with E-state index in [1.807, 2.05) is 0 Å². The monoisotopic (exact) mass is 262 g/mol. The van der Waals surface area contributed by atoms with E-state index in [4.69, 9.17) is 0 Å². The summed E-state index contributed by atoms with van der Waals surface area (Å²) in [6, 6.07) is 3.36. The predicted molar refractivity (Wildman–Crippen MR) is 66.6 cm³/mol. The summed E-state index contributed by atoms with van der Waals surface area (Å²) in [6.45, 7) is 1.80. The maximum absolute atomic E-state index is 11.8. The van der Waals surface area contributed by atoms with Crippen LogP contribution in [-0.4, -0.2) is 34.8 Å². The first-order valence-electron chi connectivity index (χ1n) is 5.78. The summed E-state index contributed by atoms with van der Waals surface area (Å²) >= 11 is 0. The number of nitrogens with one attached hydrogen (secondary N) is 2. The molecule has 1 aliphatic heterocycles. The van der Waals surface area contributed by atoms with Gasteiger partial charge in [-0.05, 0) is 19.1 Å². The number of rotatable bonds is 3. The van der Waals surface area contributed by atoms with E-state index in [2.05, 4.69) is 15.7 Å². The number of carbonyl (C=O) groups excluding carboxylic acids is 3. The van der Waals surface area contributed by atoms with Crippen molar-refractivity contribution in [3.63, 3.8) is 0 Å². The van der Waals surface area contributed by atoms with Crippen molar-refractivity contribution in [3.8, 4) is 0 Å². The Morgan fingerprint density at radius 2 is 2.26 bits per heavy atom. The molecule has 0 aliphatic carbocycles. The molecule has 1 atom stereocenters. The number of aryl methyl sites for hydroxylation is 1. The third kappa shape index (κ3) is 2.87. The van der Waals surface area contributed by atoms with Gasteiger partial charge in [0.15, 0.2) is 0 Å². The van der Waals surface area contributed by atoms with Gasteiger partial charge in [0, 0.05) is 31.0 Å². The number of aromatic nitrogens is 1. The Morgan fingerprint density at radius 3 is 2.84 bits per heavy atom. The highest BCUT2D eigenvalue weighted by Gasteiger charge is 2.38. The fourth-order valence-corrected chi connectivity index (χ4v) is 1.84. The minimum Gasteiger partial charge on any atom is -0.326 e. The first-order chi connectivity index (χ1) is 8.97. The lowest BCUT2D eigenvalue weighted by atomic mass is 10.0. The number of amides is 3. The van der Waals surface area contributed by atoms with E-state index < -0.39 is 17.7 Å². The summed E-state index contributed by atoms with van der Waals surface area (Å²) in [4.78, 5) is 38.9. The Labute approximate surface area is 110 Å². The van der Waals surface area contributed by atoms with Crippen molar-refractivity contribution >= 4 is 23.4 Å². The zero-order valence-corrected chi connectivity index (χ0v) is 10.6. The lowest BCUT2D eigenvalue weighted by Gasteiger charge is -2.08. The molecule has 19 heavy (non-hydrogen) atoms. The molecule has 2 rings (SSSR count). The van der Waals surface area contributed by atoms with E-state index >= 15 is 0 Å². The number of hydrogen-bond acceptors (Lipinski definition) is 4. The molecule has 2 heterocycles. The van der Waals surface area contributed by atoms with E-state index in [1.54, 1.807) is 25.3 Å². The molecule has 7 heteroatoms. The summed E-state index contributed by atoms with van der Waals surface area (Å²) in [5, 5.41) is 3.73. The molecule has 1 aliphatic rings. The van der Waals surface area contributed by atoms with Crippen LogP contribution in [0.2, 0.25) is 0 Å². The molecule has 0 radical (unpaired) electrons. The smallest absolute Gasteiger partial charge is 0.253 e. The summed E-state index contributed by atoms with van der Waals surface area (Å²) in [6.07, 6.45) is 1.41. The predicted octanol–water partition coefficient (Wildman–Crippen LogP) is -0.162. The van der Waals surface area contributed by atoms with E-state index in [0.29, 0.717) is 5.69 Å². The highest BCUT2D eigenvalue weighted by molar-refractivity contribution is 6.08. The molecule has 100 valence electrons. The molecule has 2 N–H and O–H groups in total. The summed E-state index contributed by atoms with van der Waals surface area (Å²) in [7, 11) is 1.45. The highest BCUT2D eigenvalue weighted by Crippen LogP contribution is 2.15. The van der Waals surface area contributed by atoms with Gasteiger partial charge in [0.25, 0.3) is 11.8 Å². The Bertz CT molecular complexity index is 544. The zero-order valence-electron chi connectivity index (χ0n) is 10.6. The van der Waals surface area contributed by atoms with E-state index in [0.717, 1.165) is 10.7 Å². The van der Waals surface area contributed by atoms with Crippen molar-refractivity contribution in [1.82, 2.24) is 15.4 Å². The van der Waals surface area contributed by atoms with Gasteiger partial charge < -0.3 is 5.32 Å². The normalized spacial score (nSPS) is 18.4. The number of nitrogens with zero attached hydrogens (tertiary/aromatic N) is 2. The van der Waals surface area contributed by atoms with Crippen LogP contribution in [0.15, 0.2) is 18.3 Å². The van der Waals surface area contributed by atoms with Crippen LogP contribution in [0.4, 0.5) is 5.69 Å². The van der Waals surface area contributed by atoms with Gasteiger partial charge in [-0.2, -0.15) is 0 Å². The van der Waals surface area contributed by atoms with Crippen LogP contribution in [-0.2, 0) is 14.4 Å². The Hall–Kier alpha value is -2.44. The van der Waals surface area contributed by atoms with Crippen molar-refractivity contribution in [2.24, 2.45) is 5.92 Å². The number of pyridine rings is 1. The molecule has 1 fully saturated rings. The second-order valence-corrected chi connectivity index (χ2v) is 4.36. The van der Waals surface area contributed by atoms with Crippen LogP contribution in [0.5, 0.6) is 0 Å². The van der Waals surface area contributed by atoms with Crippen molar-refractivity contribution in [2.45, 2.75) is 13.3 Å². The van der Waals surface area contributed by atoms with Crippen LogP contribution in [0.25, 0.3) is 0 Å². The summed E-state index contributed by atoms with van der Waals surface area (Å²) in [5.74, 6) is -2.18. The fourth-order valence-electron chi connectivity index (χ4n) is 1.84. The first kappa shape index (κ1) is 13.0. The Balaban J connectivity index is 1.98. The maximum Gasteiger partial charge on any atom is 0.253 e. The molecule has 0 bridgehead atoms. The molecule has 3 amide bonds. The zero-order chi connectivity index (χ0) is 14.0. The standard InChI is InChI=1S/C12H14N4O3/c1-7-5-8(3-4-13-7)14-10(17)6-9-11(18)15-16(2)12(9)19/h3-5,9H,6H2,1-2H3,(H,15,18)(H,13,14,17). The minimum absolute atomic E-state index is 0.170. The van der Waals surface area contributed by atoms with Crippen molar-refractivity contribution in [1.29, 1.82) is 0 Å². The second-order valence-electron chi connectivity index (χ2n) is 4.36. The third-order valence-electron chi connectivity index (χ3n) is 2.79. The molecule has 0 saturated carbocycles. The van der Waals surface area contributed by atoms with E-state index in [-0.39, 0.29) is 12.3 Å². The second kappa shape index (κ2) is 5.05.